The number of ether oxygens (including phenoxy) is 2. The van der Waals surface area contributed by atoms with E-state index in [1.807, 2.05) is 21.1 Å². The summed E-state index contributed by atoms with van der Waals surface area (Å²) in [5.41, 5.74) is -1.05. The second-order valence-electron chi connectivity index (χ2n) is 5.21. The summed E-state index contributed by atoms with van der Waals surface area (Å²) in [6.07, 6.45) is -1.41. The summed E-state index contributed by atoms with van der Waals surface area (Å²) in [4.78, 5) is 8.25. The zero-order valence-electron chi connectivity index (χ0n) is 10.5. The van der Waals surface area contributed by atoms with Gasteiger partial charge in [0.2, 0.25) is 0 Å². The van der Waals surface area contributed by atoms with Crippen molar-refractivity contribution in [3.63, 3.8) is 0 Å². The van der Waals surface area contributed by atoms with Crippen LogP contribution in [0.5, 0.6) is 0 Å². The van der Waals surface area contributed by atoms with Gasteiger partial charge in [-0.05, 0) is 0 Å². The molecule has 9 nitrogen and oxygen atoms in total. The second kappa shape index (κ2) is 4.94. The summed E-state index contributed by atoms with van der Waals surface area (Å²) >= 11 is 0. The zero-order valence-corrected chi connectivity index (χ0v) is 10.5. The third-order valence-corrected chi connectivity index (χ3v) is 3.23. The highest BCUT2D eigenvalue weighted by Crippen LogP contribution is 2.37. The van der Waals surface area contributed by atoms with Gasteiger partial charge in [-0.15, -0.1) is 0 Å². The summed E-state index contributed by atoms with van der Waals surface area (Å²) in [6.45, 7) is 0.459. The number of rotatable bonds is 1. The maximum Gasteiger partial charge on any atom is 0.253 e. The van der Waals surface area contributed by atoms with Crippen LogP contribution in [0.25, 0.3) is 0 Å². The van der Waals surface area contributed by atoms with Gasteiger partial charge in [0, 0.05) is 0 Å². The van der Waals surface area contributed by atoms with Crippen LogP contribution in [0.3, 0.4) is 0 Å². The normalized spacial score (nSPS) is 38.8. The van der Waals surface area contributed by atoms with Crippen LogP contribution in [0.2, 0.25) is 0 Å². The SMILES string of the molecule is C[N+](C)(C)[C@]1(O)CO[C@@H]2[C@@H](O)CO[C@@H]21.O=[N+]([O-])[O-]. The van der Waals surface area contributed by atoms with E-state index < -0.39 is 23.0 Å². The minimum absolute atomic E-state index is 0.211. The van der Waals surface area contributed by atoms with Crippen LogP contribution in [0.1, 0.15) is 0 Å². The number of hydrogen-bond donors (Lipinski definition) is 2. The average Bonchev–Trinajstić information content (AvgIpc) is 2.69. The Balaban J connectivity index is 0.000000357. The molecule has 106 valence electrons. The van der Waals surface area contributed by atoms with Crippen molar-refractivity contribution in [3.8, 4) is 0 Å². The molecule has 2 saturated heterocycles. The van der Waals surface area contributed by atoms with E-state index in [2.05, 4.69) is 0 Å². The van der Waals surface area contributed by atoms with Crippen LogP contribution in [0.4, 0.5) is 0 Å². The molecule has 0 aliphatic carbocycles. The molecule has 2 heterocycles. The van der Waals surface area contributed by atoms with Crippen LogP contribution in [0.15, 0.2) is 0 Å². The Bertz CT molecular complexity index is 315. The summed E-state index contributed by atoms with van der Waals surface area (Å²) in [5, 5.41) is 34.7. The van der Waals surface area contributed by atoms with Gasteiger partial charge in [-0.3, -0.25) is 4.48 Å². The average molecular weight is 266 g/mol. The molecule has 4 atom stereocenters. The molecule has 0 aromatic heterocycles. The van der Waals surface area contributed by atoms with E-state index in [1.54, 1.807) is 0 Å². The Hall–Kier alpha value is -1.00. The van der Waals surface area contributed by atoms with E-state index in [0.29, 0.717) is 4.48 Å². The first-order valence-electron chi connectivity index (χ1n) is 5.36. The quantitative estimate of drug-likeness (QED) is 0.251. The second-order valence-corrected chi connectivity index (χ2v) is 5.21. The lowest BCUT2D eigenvalue weighted by atomic mass is 10.0. The molecule has 0 amide bonds. The van der Waals surface area contributed by atoms with Crippen LogP contribution < -0.4 is 0 Å². The number of likely N-dealkylation sites (N-methyl/N-ethyl adjacent to an activating group) is 1. The minimum atomic E-state index is -1.75. The lowest BCUT2D eigenvalue weighted by molar-refractivity contribution is -0.952. The smallest absolute Gasteiger partial charge is 0.253 e. The maximum absolute atomic E-state index is 10.4. The lowest BCUT2D eigenvalue weighted by Gasteiger charge is -2.40. The topological polar surface area (TPSA) is 125 Å². The molecule has 0 bridgehead atoms. The fraction of sp³-hybridized carbons (Fsp3) is 1.00. The fourth-order valence-electron chi connectivity index (χ4n) is 2.07. The maximum atomic E-state index is 10.4. The van der Waals surface area contributed by atoms with Gasteiger partial charge in [0.05, 0.1) is 32.8 Å². The fourth-order valence-corrected chi connectivity index (χ4v) is 2.07. The molecule has 9 heteroatoms. The minimum Gasteiger partial charge on any atom is -0.388 e. The monoisotopic (exact) mass is 266 g/mol. The number of nitrogens with zero attached hydrogens (tertiary/aromatic N) is 2. The third-order valence-electron chi connectivity index (χ3n) is 3.23. The van der Waals surface area contributed by atoms with Crippen molar-refractivity contribution in [1.29, 1.82) is 0 Å². The molecule has 2 N–H and O–H groups in total. The van der Waals surface area contributed by atoms with E-state index in [-0.39, 0.29) is 19.3 Å². The van der Waals surface area contributed by atoms with E-state index in [0.717, 1.165) is 0 Å². The predicted molar refractivity (Wildman–Crippen MR) is 58.8 cm³/mol. The number of quaternary nitrogens is 1. The summed E-state index contributed by atoms with van der Waals surface area (Å²) < 4.78 is 11.1. The van der Waals surface area contributed by atoms with Crippen LogP contribution in [0, 0.1) is 15.3 Å². The van der Waals surface area contributed by atoms with E-state index in [1.165, 1.54) is 0 Å². The first-order valence-corrected chi connectivity index (χ1v) is 5.36. The highest BCUT2D eigenvalue weighted by Gasteiger charge is 2.62. The van der Waals surface area contributed by atoms with Gasteiger partial charge in [-0.2, -0.15) is 0 Å². The van der Waals surface area contributed by atoms with Crippen LogP contribution in [-0.2, 0) is 9.47 Å². The van der Waals surface area contributed by atoms with Crippen molar-refractivity contribution in [2.24, 2.45) is 0 Å². The number of aliphatic hydroxyl groups is 2. The number of hydrogen-bond acceptors (Lipinski definition) is 7. The Morgan fingerprint density at radius 1 is 1.33 bits per heavy atom. The molecular weight excluding hydrogens is 248 g/mol. The Morgan fingerprint density at radius 2 is 1.83 bits per heavy atom. The van der Waals surface area contributed by atoms with Crippen molar-refractivity contribution >= 4 is 0 Å². The molecule has 0 aromatic rings. The van der Waals surface area contributed by atoms with Crippen molar-refractivity contribution in [3.05, 3.63) is 15.3 Å². The number of fused-ring (bicyclic) bond motifs is 1. The Morgan fingerprint density at radius 3 is 2.28 bits per heavy atom. The summed E-state index contributed by atoms with van der Waals surface area (Å²) in [6, 6.07) is 0. The van der Waals surface area contributed by atoms with Gasteiger partial charge in [-0.25, -0.2) is 0 Å². The Kier molecular flexibility index (Phi) is 4.13. The van der Waals surface area contributed by atoms with Gasteiger partial charge < -0.3 is 35.0 Å². The van der Waals surface area contributed by atoms with Crippen LogP contribution >= 0.6 is 0 Å². The van der Waals surface area contributed by atoms with E-state index in [9.17, 15) is 10.2 Å². The molecule has 0 radical (unpaired) electrons. The van der Waals surface area contributed by atoms with Crippen molar-refractivity contribution in [2.75, 3.05) is 34.4 Å². The molecule has 2 rings (SSSR count). The van der Waals surface area contributed by atoms with Gasteiger partial charge in [0.1, 0.15) is 18.8 Å². The van der Waals surface area contributed by atoms with Crippen molar-refractivity contribution in [1.82, 2.24) is 0 Å². The van der Waals surface area contributed by atoms with Gasteiger partial charge in [0.15, 0.2) is 6.10 Å². The highest BCUT2D eigenvalue weighted by atomic mass is 16.9. The summed E-state index contributed by atoms with van der Waals surface area (Å²) in [7, 11) is 5.67. The lowest BCUT2D eigenvalue weighted by Crippen LogP contribution is -2.64. The highest BCUT2D eigenvalue weighted by molar-refractivity contribution is 4.99. The standard InChI is InChI=1S/C9H18NO4.NO3/c1-10(2,3)9(12)5-14-7-6(11)4-13-8(7)9;2-1(3)4/h6-8,11-12H,4-5H2,1-3H3;/q+1;-1/t6-,7+,8-,9-;/m0./s1. The molecule has 2 aliphatic heterocycles. The van der Waals surface area contributed by atoms with E-state index in [4.69, 9.17) is 24.8 Å². The molecular formula is C9H18N2O7. The van der Waals surface area contributed by atoms with Gasteiger partial charge in [0.25, 0.3) is 5.72 Å². The summed E-state index contributed by atoms with van der Waals surface area (Å²) in [5.74, 6) is 0. The third kappa shape index (κ3) is 2.70. The zero-order chi connectivity index (χ0) is 14.1. The predicted octanol–water partition coefficient (Wildman–Crippen LogP) is -1.70. The first kappa shape index (κ1) is 15.1. The molecule has 0 saturated carbocycles. The molecule has 0 unspecified atom stereocenters. The largest absolute Gasteiger partial charge is 0.388 e. The molecule has 0 spiro atoms. The molecule has 2 aliphatic rings. The number of aliphatic hydroxyl groups excluding tert-OH is 1. The molecule has 2 fully saturated rings. The van der Waals surface area contributed by atoms with Crippen molar-refractivity contribution in [2.45, 2.75) is 24.0 Å². The van der Waals surface area contributed by atoms with E-state index >= 15 is 0 Å². The van der Waals surface area contributed by atoms with Crippen LogP contribution in [-0.4, -0.2) is 78.2 Å². The molecule has 0 aromatic carbocycles. The van der Waals surface area contributed by atoms with Crippen molar-refractivity contribution < 1.29 is 29.3 Å². The van der Waals surface area contributed by atoms with Gasteiger partial charge in [-0.1, -0.05) is 0 Å². The molecule has 18 heavy (non-hydrogen) atoms. The van der Waals surface area contributed by atoms with Gasteiger partial charge >= 0.3 is 0 Å². The Labute approximate surface area is 104 Å². The first-order chi connectivity index (χ1) is 8.09.